The van der Waals surface area contributed by atoms with Gasteiger partial charge in [-0.25, -0.2) is 13.7 Å². The van der Waals surface area contributed by atoms with Gasteiger partial charge in [-0.15, -0.1) is 0 Å². The number of carbonyl (C=O) groups excluding carboxylic acids is 2. The average Bonchev–Trinajstić information content (AvgIpc) is 3.00. The molecule has 156 valence electrons. The molecule has 1 aliphatic heterocycles. The largest absolute Gasteiger partial charge is 0.494 e. The van der Waals surface area contributed by atoms with Gasteiger partial charge in [0.05, 0.1) is 17.9 Å². The number of halogens is 2. The summed E-state index contributed by atoms with van der Waals surface area (Å²) in [4.78, 5) is 27.2. The molecule has 7 heteroatoms. The van der Waals surface area contributed by atoms with Gasteiger partial charge in [0.15, 0.2) is 0 Å². The van der Waals surface area contributed by atoms with Crippen molar-refractivity contribution >= 4 is 28.8 Å². The van der Waals surface area contributed by atoms with Gasteiger partial charge in [-0.2, -0.15) is 0 Å². The Balaban J connectivity index is 1.78. The summed E-state index contributed by atoms with van der Waals surface area (Å²) in [5.74, 6) is -1.93. The minimum atomic E-state index is -0.705. The molecule has 0 aliphatic carbocycles. The Hall–Kier alpha value is -4.00. The Labute approximate surface area is 177 Å². The summed E-state index contributed by atoms with van der Waals surface area (Å²) in [6, 6.07) is 17.6. The van der Waals surface area contributed by atoms with Crippen molar-refractivity contribution in [3.63, 3.8) is 0 Å². The molecule has 4 rings (SSSR count). The van der Waals surface area contributed by atoms with E-state index in [1.54, 1.807) is 24.3 Å². The highest BCUT2D eigenvalue weighted by molar-refractivity contribution is 6.46. The summed E-state index contributed by atoms with van der Waals surface area (Å²) < 4.78 is 33.2. The monoisotopic (exact) mass is 420 g/mol. The van der Waals surface area contributed by atoms with Gasteiger partial charge in [0, 0.05) is 5.69 Å². The van der Waals surface area contributed by atoms with E-state index in [-0.39, 0.29) is 17.0 Å². The first-order valence-electron chi connectivity index (χ1n) is 9.63. The van der Waals surface area contributed by atoms with Crippen molar-refractivity contribution in [2.75, 3.05) is 16.8 Å². The van der Waals surface area contributed by atoms with Crippen LogP contribution in [0.15, 0.2) is 78.5 Å². The molecule has 0 radical (unpaired) electrons. The van der Waals surface area contributed by atoms with Crippen molar-refractivity contribution in [3.05, 3.63) is 95.7 Å². The van der Waals surface area contributed by atoms with Crippen LogP contribution in [0.3, 0.4) is 0 Å². The van der Waals surface area contributed by atoms with E-state index < -0.39 is 23.4 Å². The van der Waals surface area contributed by atoms with E-state index >= 15 is 0 Å². The van der Waals surface area contributed by atoms with Crippen LogP contribution in [0, 0.1) is 11.6 Å². The van der Waals surface area contributed by atoms with Gasteiger partial charge in [0.25, 0.3) is 11.8 Å². The normalized spacial score (nSPS) is 13.7. The second-order valence-corrected chi connectivity index (χ2v) is 6.74. The van der Waals surface area contributed by atoms with Gasteiger partial charge in [-0.05, 0) is 61.0 Å². The summed E-state index contributed by atoms with van der Waals surface area (Å²) in [6.45, 7) is 2.38. The van der Waals surface area contributed by atoms with Crippen LogP contribution in [-0.2, 0) is 9.59 Å². The number of hydrogen-bond acceptors (Lipinski definition) is 4. The number of anilines is 2. The zero-order chi connectivity index (χ0) is 22.0. The van der Waals surface area contributed by atoms with Crippen molar-refractivity contribution in [2.24, 2.45) is 0 Å². The van der Waals surface area contributed by atoms with Gasteiger partial charge in [0.2, 0.25) is 0 Å². The Bertz CT molecular complexity index is 1170. The minimum absolute atomic E-state index is 0.0241. The van der Waals surface area contributed by atoms with E-state index in [0.717, 1.165) is 4.90 Å². The summed E-state index contributed by atoms with van der Waals surface area (Å²) in [7, 11) is 0. The maximum absolute atomic E-state index is 14.4. The smallest absolute Gasteiger partial charge is 0.282 e. The highest BCUT2D eigenvalue weighted by Gasteiger charge is 2.41. The average molecular weight is 420 g/mol. The van der Waals surface area contributed by atoms with Crippen molar-refractivity contribution in [3.8, 4) is 5.75 Å². The van der Waals surface area contributed by atoms with Crippen molar-refractivity contribution < 1.29 is 23.1 Å². The fourth-order valence-electron chi connectivity index (χ4n) is 3.33. The number of ether oxygens (including phenoxy) is 1. The topological polar surface area (TPSA) is 58.6 Å². The molecule has 5 nitrogen and oxygen atoms in total. The number of imide groups is 1. The zero-order valence-electron chi connectivity index (χ0n) is 16.6. The fraction of sp³-hybridized carbons (Fsp3) is 0.0833. The molecule has 0 fully saturated rings. The van der Waals surface area contributed by atoms with Crippen LogP contribution in [0.4, 0.5) is 20.2 Å². The number of hydrogen-bond donors (Lipinski definition) is 1. The first-order valence-corrected chi connectivity index (χ1v) is 9.63. The Morgan fingerprint density at radius 2 is 1.55 bits per heavy atom. The van der Waals surface area contributed by atoms with Crippen LogP contribution in [0.1, 0.15) is 12.5 Å². The van der Waals surface area contributed by atoms with Crippen LogP contribution in [0.2, 0.25) is 0 Å². The highest BCUT2D eigenvalue weighted by atomic mass is 19.1. The molecule has 0 atom stereocenters. The molecule has 31 heavy (non-hydrogen) atoms. The van der Waals surface area contributed by atoms with Crippen LogP contribution in [-0.4, -0.2) is 18.4 Å². The number of para-hydroxylation sites is 1. The molecule has 0 spiro atoms. The fourth-order valence-corrected chi connectivity index (χ4v) is 3.33. The molecule has 3 aromatic carbocycles. The van der Waals surface area contributed by atoms with E-state index in [2.05, 4.69) is 5.32 Å². The summed E-state index contributed by atoms with van der Waals surface area (Å²) in [6.07, 6.45) is 0. The molecule has 1 N–H and O–H groups in total. The lowest BCUT2D eigenvalue weighted by molar-refractivity contribution is -0.120. The predicted octanol–water partition coefficient (Wildman–Crippen LogP) is 4.76. The Morgan fingerprint density at radius 1 is 0.871 bits per heavy atom. The molecule has 0 unspecified atom stereocenters. The van der Waals surface area contributed by atoms with E-state index in [9.17, 15) is 18.4 Å². The van der Waals surface area contributed by atoms with Gasteiger partial charge >= 0.3 is 0 Å². The van der Waals surface area contributed by atoms with Gasteiger partial charge in [0.1, 0.15) is 23.1 Å². The third-order valence-electron chi connectivity index (χ3n) is 4.74. The number of nitrogens with zero attached hydrogens (tertiary/aromatic N) is 1. The van der Waals surface area contributed by atoms with Gasteiger partial charge in [-0.3, -0.25) is 9.59 Å². The van der Waals surface area contributed by atoms with Crippen molar-refractivity contribution in [2.45, 2.75) is 6.92 Å². The van der Waals surface area contributed by atoms with E-state index in [1.165, 1.54) is 48.5 Å². The third-order valence-corrected chi connectivity index (χ3v) is 4.74. The molecule has 3 aromatic rings. The lowest BCUT2D eigenvalue weighted by atomic mass is 10.0. The first-order chi connectivity index (χ1) is 15.0. The van der Waals surface area contributed by atoms with Crippen LogP contribution in [0.5, 0.6) is 5.75 Å². The molecular weight excluding hydrogens is 402 g/mol. The lowest BCUT2D eigenvalue weighted by Crippen LogP contribution is -2.33. The number of amides is 2. The summed E-state index contributed by atoms with van der Waals surface area (Å²) >= 11 is 0. The molecule has 0 aromatic heterocycles. The van der Waals surface area contributed by atoms with Crippen LogP contribution >= 0.6 is 0 Å². The van der Waals surface area contributed by atoms with Crippen molar-refractivity contribution in [1.82, 2.24) is 0 Å². The van der Waals surface area contributed by atoms with E-state index in [1.807, 2.05) is 6.92 Å². The summed E-state index contributed by atoms with van der Waals surface area (Å²) in [5.41, 5.74) is 0.730. The lowest BCUT2D eigenvalue weighted by Gasteiger charge is -2.16. The first kappa shape index (κ1) is 20.3. The number of carbonyl (C=O) groups is 2. The third kappa shape index (κ3) is 3.90. The number of rotatable bonds is 6. The molecule has 0 saturated carbocycles. The number of benzene rings is 3. The molecule has 0 saturated heterocycles. The predicted molar refractivity (Wildman–Crippen MR) is 113 cm³/mol. The second-order valence-electron chi connectivity index (χ2n) is 6.74. The molecule has 1 heterocycles. The number of nitrogens with one attached hydrogen (secondary N) is 1. The van der Waals surface area contributed by atoms with E-state index in [4.69, 9.17) is 4.74 Å². The molecular formula is C24H18F2N2O3. The summed E-state index contributed by atoms with van der Waals surface area (Å²) in [5, 5.41) is 2.97. The molecule has 2 amide bonds. The Kier molecular flexibility index (Phi) is 5.49. The molecule has 0 bridgehead atoms. The standard InChI is InChI=1S/C24H18F2N2O3/c1-2-31-18-13-11-17(12-14-18)27-22-21(15-7-9-16(25)10-8-15)23(29)28(24(22)30)20-6-4-3-5-19(20)26/h3-14,27H,2H2,1H3. The van der Waals surface area contributed by atoms with Crippen LogP contribution in [0.25, 0.3) is 5.57 Å². The maximum Gasteiger partial charge on any atom is 0.282 e. The Morgan fingerprint density at radius 3 is 2.19 bits per heavy atom. The SMILES string of the molecule is CCOc1ccc(NC2=C(c3ccc(F)cc3)C(=O)N(c3ccccc3F)C2=O)cc1. The minimum Gasteiger partial charge on any atom is -0.494 e. The second kappa shape index (κ2) is 8.39. The van der Waals surface area contributed by atoms with Gasteiger partial charge in [-0.1, -0.05) is 24.3 Å². The highest BCUT2D eigenvalue weighted by Crippen LogP contribution is 2.35. The van der Waals surface area contributed by atoms with Crippen LogP contribution < -0.4 is 15.0 Å². The zero-order valence-corrected chi connectivity index (χ0v) is 16.6. The van der Waals surface area contributed by atoms with E-state index in [0.29, 0.717) is 23.6 Å². The maximum atomic E-state index is 14.4. The quantitative estimate of drug-likeness (QED) is 0.584. The molecule has 1 aliphatic rings. The van der Waals surface area contributed by atoms with Crippen molar-refractivity contribution in [1.29, 1.82) is 0 Å². The van der Waals surface area contributed by atoms with Gasteiger partial charge < -0.3 is 10.1 Å².